The minimum atomic E-state index is 0.658. The SMILES string of the molecule is Clc1ccc(Cl)c2scnc12. The van der Waals surface area contributed by atoms with Crippen LogP contribution < -0.4 is 0 Å². The number of hydrogen-bond acceptors (Lipinski definition) is 2. The minimum absolute atomic E-state index is 0.658. The van der Waals surface area contributed by atoms with Crippen LogP contribution in [0.15, 0.2) is 17.6 Å². The predicted molar refractivity (Wildman–Crippen MR) is 49.6 cm³/mol. The molecule has 0 saturated heterocycles. The lowest BCUT2D eigenvalue weighted by molar-refractivity contribution is 1.50. The van der Waals surface area contributed by atoms with Crippen LogP contribution in [0.2, 0.25) is 10.0 Å². The summed E-state index contributed by atoms with van der Waals surface area (Å²) >= 11 is 13.2. The van der Waals surface area contributed by atoms with Crippen LogP contribution in [-0.4, -0.2) is 4.98 Å². The monoisotopic (exact) mass is 203 g/mol. The molecule has 0 amide bonds. The van der Waals surface area contributed by atoms with Gasteiger partial charge >= 0.3 is 0 Å². The normalized spacial score (nSPS) is 10.7. The van der Waals surface area contributed by atoms with E-state index in [1.165, 1.54) is 11.3 Å². The van der Waals surface area contributed by atoms with Crippen LogP contribution in [0.5, 0.6) is 0 Å². The number of hydrogen-bond donors (Lipinski definition) is 0. The summed E-state index contributed by atoms with van der Waals surface area (Å²) in [4.78, 5) is 4.08. The topological polar surface area (TPSA) is 12.9 Å². The highest BCUT2D eigenvalue weighted by atomic mass is 35.5. The molecule has 1 nitrogen and oxygen atoms in total. The van der Waals surface area contributed by atoms with Gasteiger partial charge in [-0.25, -0.2) is 4.98 Å². The van der Waals surface area contributed by atoms with Gasteiger partial charge in [-0.15, -0.1) is 11.3 Å². The Labute approximate surface area is 77.6 Å². The molecule has 2 rings (SSSR count). The van der Waals surface area contributed by atoms with Gasteiger partial charge in [0.25, 0.3) is 0 Å². The van der Waals surface area contributed by atoms with Gasteiger partial charge in [-0.3, -0.25) is 0 Å². The number of thiazole rings is 1. The zero-order chi connectivity index (χ0) is 7.84. The fourth-order valence-corrected chi connectivity index (χ4v) is 2.15. The highest BCUT2D eigenvalue weighted by molar-refractivity contribution is 7.17. The van der Waals surface area contributed by atoms with E-state index in [4.69, 9.17) is 23.2 Å². The van der Waals surface area contributed by atoms with Crippen molar-refractivity contribution >= 4 is 44.8 Å². The Kier molecular flexibility index (Phi) is 1.75. The first-order valence-corrected chi connectivity index (χ1v) is 4.60. The average Bonchev–Trinajstić information content (AvgIpc) is 2.45. The molecule has 0 radical (unpaired) electrons. The molecule has 1 heterocycles. The maximum Gasteiger partial charge on any atom is 0.101 e. The van der Waals surface area contributed by atoms with Crippen LogP contribution in [0.4, 0.5) is 0 Å². The third-order valence-corrected chi connectivity index (χ3v) is 2.98. The van der Waals surface area contributed by atoms with Crippen LogP contribution in [0.25, 0.3) is 10.2 Å². The van der Waals surface area contributed by atoms with Gasteiger partial charge in [-0.1, -0.05) is 23.2 Å². The van der Waals surface area contributed by atoms with Crippen molar-refractivity contribution in [3.63, 3.8) is 0 Å². The van der Waals surface area contributed by atoms with Crippen molar-refractivity contribution in [1.29, 1.82) is 0 Å². The van der Waals surface area contributed by atoms with E-state index in [0.717, 1.165) is 10.2 Å². The molecule has 0 spiro atoms. The van der Waals surface area contributed by atoms with Crippen LogP contribution in [0, 0.1) is 0 Å². The van der Waals surface area contributed by atoms with Crippen LogP contribution in [0.3, 0.4) is 0 Å². The van der Waals surface area contributed by atoms with E-state index in [9.17, 15) is 0 Å². The Morgan fingerprint density at radius 2 is 1.91 bits per heavy atom. The Morgan fingerprint density at radius 3 is 2.64 bits per heavy atom. The fraction of sp³-hybridized carbons (Fsp3) is 0. The smallest absolute Gasteiger partial charge is 0.101 e. The molecule has 56 valence electrons. The van der Waals surface area contributed by atoms with Crippen LogP contribution in [-0.2, 0) is 0 Å². The Bertz CT molecular complexity index is 360. The summed E-state index contributed by atoms with van der Waals surface area (Å²) in [5.41, 5.74) is 2.53. The van der Waals surface area contributed by atoms with Crippen LogP contribution >= 0.6 is 34.5 Å². The number of rotatable bonds is 0. The maximum absolute atomic E-state index is 5.88. The average molecular weight is 204 g/mol. The summed E-state index contributed by atoms with van der Waals surface area (Å²) in [6.07, 6.45) is 0. The molecule has 0 N–H and O–H groups in total. The van der Waals surface area contributed by atoms with Gasteiger partial charge in [0.15, 0.2) is 0 Å². The van der Waals surface area contributed by atoms with E-state index < -0.39 is 0 Å². The van der Waals surface area contributed by atoms with Crippen molar-refractivity contribution < 1.29 is 0 Å². The van der Waals surface area contributed by atoms with Gasteiger partial charge in [0.1, 0.15) is 5.52 Å². The van der Waals surface area contributed by atoms with E-state index in [1.54, 1.807) is 17.6 Å². The standard InChI is InChI=1S/C7H3Cl2NS/c8-4-1-2-5(9)7-6(4)10-3-11-7/h1-3H. The van der Waals surface area contributed by atoms with Crippen molar-refractivity contribution in [1.82, 2.24) is 4.98 Å². The first kappa shape index (κ1) is 7.35. The summed E-state index contributed by atoms with van der Waals surface area (Å²) in [5.74, 6) is 0. The lowest BCUT2D eigenvalue weighted by Gasteiger charge is -1.92. The van der Waals surface area contributed by atoms with Gasteiger partial charge < -0.3 is 0 Å². The summed E-state index contributed by atoms with van der Waals surface area (Å²) in [7, 11) is 0. The third-order valence-electron chi connectivity index (χ3n) is 1.39. The zero-order valence-corrected chi connectivity index (χ0v) is 7.67. The van der Waals surface area contributed by atoms with Crippen LogP contribution in [0.1, 0.15) is 0 Å². The third kappa shape index (κ3) is 1.11. The van der Waals surface area contributed by atoms with E-state index in [0.29, 0.717) is 10.0 Å². The summed E-state index contributed by atoms with van der Waals surface area (Å²) in [6.45, 7) is 0. The van der Waals surface area contributed by atoms with Gasteiger partial charge in [0, 0.05) is 0 Å². The number of benzene rings is 1. The predicted octanol–water partition coefficient (Wildman–Crippen LogP) is 3.60. The quantitative estimate of drug-likeness (QED) is 0.638. The number of halogens is 2. The highest BCUT2D eigenvalue weighted by Gasteiger charge is 2.04. The molecule has 2 aromatic rings. The second-order valence-electron chi connectivity index (χ2n) is 2.06. The van der Waals surface area contributed by atoms with Gasteiger partial charge in [-0.2, -0.15) is 0 Å². The Hall–Kier alpha value is -0.310. The van der Waals surface area contributed by atoms with E-state index in [-0.39, 0.29) is 0 Å². The molecule has 1 aromatic heterocycles. The highest BCUT2D eigenvalue weighted by Crippen LogP contribution is 2.31. The van der Waals surface area contributed by atoms with Crippen molar-refractivity contribution in [3.05, 3.63) is 27.7 Å². The Balaban J connectivity index is 2.96. The molecule has 0 unspecified atom stereocenters. The Morgan fingerprint density at radius 1 is 1.18 bits per heavy atom. The fourth-order valence-electron chi connectivity index (χ4n) is 0.887. The van der Waals surface area contributed by atoms with Gasteiger partial charge in [0.05, 0.1) is 20.3 Å². The number of aromatic nitrogens is 1. The van der Waals surface area contributed by atoms with Gasteiger partial charge in [-0.05, 0) is 12.1 Å². The molecule has 1 aromatic carbocycles. The first-order chi connectivity index (χ1) is 5.29. The van der Waals surface area contributed by atoms with E-state index in [2.05, 4.69) is 4.98 Å². The molecule has 0 aliphatic carbocycles. The largest absolute Gasteiger partial charge is 0.243 e. The molecule has 0 bridgehead atoms. The van der Waals surface area contributed by atoms with Gasteiger partial charge in [0.2, 0.25) is 0 Å². The van der Waals surface area contributed by atoms with E-state index >= 15 is 0 Å². The number of nitrogens with zero attached hydrogens (tertiary/aromatic N) is 1. The zero-order valence-electron chi connectivity index (χ0n) is 5.34. The molecular weight excluding hydrogens is 201 g/mol. The first-order valence-electron chi connectivity index (χ1n) is 2.96. The molecule has 0 saturated carbocycles. The molecule has 0 fully saturated rings. The lowest BCUT2D eigenvalue weighted by atomic mass is 10.3. The minimum Gasteiger partial charge on any atom is -0.243 e. The lowest BCUT2D eigenvalue weighted by Crippen LogP contribution is -1.70. The van der Waals surface area contributed by atoms with Crippen molar-refractivity contribution in [2.75, 3.05) is 0 Å². The van der Waals surface area contributed by atoms with E-state index in [1.807, 2.05) is 0 Å². The maximum atomic E-state index is 5.88. The second kappa shape index (κ2) is 2.63. The molecular formula is C7H3Cl2NS. The summed E-state index contributed by atoms with van der Waals surface area (Å²) in [5, 5.41) is 1.37. The molecule has 0 aliphatic rings. The van der Waals surface area contributed by atoms with Crippen molar-refractivity contribution in [2.45, 2.75) is 0 Å². The molecule has 0 aliphatic heterocycles. The summed E-state index contributed by atoms with van der Waals surface area (Å²) in [6, 6.07) is 3.54. The molecule has 0 atom stereocenters. The summed E-state index contributed by atoms with van der Waals surface area (Å²) < 4.78 is 0.958. The number of fused-ring (bicyclic) bond motifs is 1. The van der Waals surface area contributed by atoms with Crippen molar-refractivity contribution in [3.8, 4) is 0 Å². The second-order valence-corrected chi connectivity index (χ2v) is 3.73. The molecule has 4 heteroatoms. The molecule has 11 heavy (non-hydrogen) atoms. The van der Waals surface area contributed by atoms with Crippen molar-refractivity contribution in [2.24, 2.45) is 0 Å².